The zero-order valence-corrected chi connectivity index (χ0v) is 10.9. The van der Waals surface area contributed by atoms with Gasteiger partial charge in [-0.05, 0) is 29.2 Å². The van der Waals surface area contributed by atoms with E-state index < -0.39 is 4.92 Å². The molecule has 3 rings (SSSR count). The van der Waals surface area contributed by atoms with Crippen molar-refractivity contribution in [3.8, 4) is 11.6 Å². The molecule has 8 heteroatoms. The van der Waals surface area contributed by atoms with E-state index >= 15 is 0 Å². The van der Waals surface area contributed by atoms with E-state index in [0.29, 0.717) is 15.7 Å². The number of benzene rings is 1. The molecule has 0 unspecified atom stereocenters. The molecule has 6 nitrogen and oxygen atoms in total. The van der Waals surface area contributed by atoms with Crippen LogP contribution in [0.25, 0.3) is 4.96 Å². The second-order valence-corrected chi connectivity index (χ2v) is 4.92. The van der Waals surface area contributed by atoms with Crippen LogP contribution in [0, 0.1) is 10.1 Å². The summed E-state index contributed by atoms with van der Waals surface area (Å²) in [6.07, 6.45) is 1.58. The fourth-order valence-corrected chi connectivity index (χ4v) is 2.43. The third kappa shape index (κ3) is 2.13. The quantitative estimate of drug-likeness (QED) is 0.545. The molecule has 0 N–H and O–H groups in total. The molecule has 0 aliphatic heterocycles. The average molecular weight is 296 g/mol. The van der Waals surface area contributed by atoms with Crippen LogP contribution >= 0.6 is 22.9 Å². The van der Waals surface area contributed by atoms with Gasteiger partial charge < -0.3 is 14.9 Å². The zero-order valence-electron chi connectivity index (χ0n) is 9.32. The molecule has 0 aliphatic rings. The lowest BCUT2D eigenvalue weighted by atomic mass is 10.3. The van der Waals surface area contributed by atoms with Gasteiger partial charge >= 0.3 is 11.7 Å². The predicted molar refractivity (Wildman–Crippen MR) is 71.2 cm³/mol. The Hall–Kier alpha value is -2.12. The van der Waals surface area contributed by atoms with E-state index in [1.807, 2.05) is 0 Å². The third-order valence-electron chi connectivity index (χ3n) is 2.41. The van der Waals surface area contributed by atoms with Gasteiger partial charge in [0.05, 0.1) is 0 Å². The fraction of sp³-hybridized carbons (Fsp3) is 0. The van der Waals surface area contributed by atoms with Gasteiger partial charge in [0.15, 0.2) is 0 Å². The monoisotopic (exact) mass is 295 g/mol. The lowest BCUT2D eigenvalue weighted by molar-refractivity contribution is -0.391. The molecule has 0 atom stereocenters. The van der Waals surface area contributed by atoms with Gasteiger partial charge in [-0.15, -0.1) is 0 Å². The first kappa shape index (κ1) is 11.9. The minimum absolute atomic E-state index is 0.0285. The summed E-state index contributed by atoms with van der Waals surface area (Å²) in [4.78, 5) is 15.2. The normalized spacial score (nSPS) is 10.8. The van der Waals surface area contributed by atoms with Gasteiger partial charge in [0.1, 0.15) is 11.9 Å². The van der Waals surface area contributed by atoms with Crippen molar-refractivity contribution in [2.75, 3.05) is 0 Å². The van der Waals surface area contributed by atoms with E-state index in [9.17, 15) is 10.1 Å². The summed E-state index contributed by atoms with van der Waals surface area (Å²) in [7, 11) is 0. The number of hydrogen-bond acceptors (Lipinski definition) is 5. The van der Waals surface area contributed by atoms with Crippen LogP contribution < -0.4 is 4.74 Å². The molecule has 0 fully saturated rings. The van der Waals surface area contributed by atoms with E-state index in [1.54, 1.807) is 35.8 Å². The highest BCUT2D eigenvalue weighted by atomic mass is 35.5. The number of halogens is 1. The summed E-state index contributed by atoms with van der Waals surface area (Å²) in [6.45, 7) is 0. The highest BCUT2D eigenvalue weighted by Gasteiger charge is 2.25. The maximum Gasteiger partial charge on any atom is 0.393 e. The number of ether oxygens (including phenoxy) is 1. The summed E-state index contributed by atoms with van der Waals surface area (Å²) >= 11 is 7.06. The summed E-state index contributed by atoms with van der Waals surface area (Å²) in [5, 5.41) is 13.4. The van der Waals surface area contributed by atoms with Crippen LogP contribution in [0.5, 0.6) is 11.6 Å². The maximum absolute atomic E-state index is 11.1. The van der Waals surface area contributed by atoms with Crippen molar-refractivity contribution in [1.82, 2.24) is 9.38 Å². The molecule has 0 spiro atoms. The average Bonchev–Trinajstić information content (AvgIpc) is 2.91. The van der Waals surface area contributed by atoms with Gasteiger partial charge in [-0.1, -0.05) is 22.9 Å². The molecule has 0 saturated carbocycles. The van der Waals surface area contributed by atoms with Crippen LogP contribution in [0.2, 0.25) is 5.02 Å². The number of aromatic nitrogens is 2. The molecule has 0 saturated heterocycles. The maximum atomic E-state index is 11.1. The lowest BCUT2D eigenvalue weighted by Gasteiger charge is -2.02. The molecule has 3 aromatic rings. The molecule has 0 aliphatic carbocycles. The fourth-order valence-electron chi connectivity index (χ4n) is 1.60. The van der Waals surface area contributed by atoms with E-state index in [4.69, 9.17) is 16.3 Å². The number of nitrogens with zero attached hydrogens (tertiary/aromatic N) is 3. The molecule has 0 bridgehead atoms. The molecule has 19 heavy (non-hydrogen) atoms. The Kier molecular flexibility index (Phi) is 2.84. The Morgan fingerprint density at radius 3 is 2.79 bits per heavy atom. The molecule has 0 radical (unpaired) electrons. The Balaban J connectivity index is 2.04. The second kappa shape index (κ2) is 4.52. The Morgan fingerprint density at radius 2 is 2.11 bits per heavy atom. The van der Waals surface area contributed by atoms with Crippen molar-refractivity contribution in [2.45, 2.75) is 0 Å². The molecule has 96 valence electrons. The first-order valence-corrected chi connectivity index (χ1v) is 6.44. The molecule has 1 aromatic carbocycles. The SMILES string of the molecule is O=[N+]([O-])c1c(Oc2ccc(Cl)cc2)nc2sccn12. The third-order valence-corrected chi connectivity index (χ3v) is 3.42. The minimum Gasteiger partial charge on any atom is -0.433 e. The van der Waals surface area contributed by atoms with E-state index in [-0.39, 0.29) is 11.7 Å². The predicted octanol–water partition coefficient (Wildman–Crippen LogP) is 3.75. The number of nitro groups is 1. The first-order valence-electron chi connectivity index (χ1n) is 5.18. The highest BCUT2D eigenvalue weighted by molar-refractivity contribution is 7.15. The number of fused-ring (bicyclic) bond motifs is 1. The van der Waals surface area contributed by atoms with Crippen molar-refractivity contribution >= 4 is 33.7 Å². The summed E-state index contributed by atoms with van der Waals surface area (Å²) in [5.74, 6) is 0.226. The number of rotatable bonds is 3. The Bertz CT molecular complexity index is 750. The summed E-state index contributed by atoms with van der Waals surface area (Å²) < 4.78 is 6.83. The van der Waals surface area contributed by atoms with Crippen LogP contribution in [-0.2, 0) is 0 Å². The topological polar surface area (TPSA) is 69.7 Å². The Labute approximate surface area is 116 Å². The van der Waals surface area contributed by atoms with E-state index in [0.717, 1.165) is 0 Å². The summed E-state index contributed by atoms with van der Waals surface area (Å²) in [6, 6.07) is 6.53. The second-order valence-electron chi connectivity index (χ2n) is 3.61. The van der Waals surface area contributed by atoms with Crippen molar-refractivity contribution < 1.29 is 9.66 Å². The van der Waals surface area contributed by atoms with Gasteiger partial charge in [0, 0.05) is 10.4 Å². The molecule has 2 heterocycles. The summed E-state index contributed by atoms with van der Waals surface area (Å²) in [5.41, 5.74) is 0. The zero-order chi connectivity index (χ0) is 13.4. The van der Waals surface area contributed by atoms with Crippen molar-refractivity contribution in [1.29, 1.82) is 0 Å². The standard InChI is InChI=1S/C11H6ClN3O3S/c12-7-1-3-8(4-2-7)18-9-10(15(16)17)14-5-6-19-11(14)13-9/h1-6H. The lowest BCUT2D eigenvalue weighted by Crippen LogP contribution is -1.95. The first-order chi connectivity index (χ1) is 9.15. The minimum atomic E-state index is -0.516. The van der Waals surface area contributed by atoms with Crippen molar-refractivity contribution in [3.05, 3.63) is 51.0 Å². The van der Waals surface area contributed by atoms with Crippen molar-refractivity contribution in [3.63, 3.8) is 0 Å². The molecular weight excluding hydrogens is 290 g/mol. The smallest absolute Gasteiger partial charge is 0.393 e. The van der Waals surface area contributed by atoms with Crippen LogP contribution in [0.1, 0.15) is 0 Å². The van der Waals surface area contributed by atoms with Gasteiger partial charge in [-0.2, -0.15) is 9.38 Å². The van der Waals surface area contributed by atoms with E-state index in [2.05, 4.69) is 4.98 Å². The number of imidazole rings is 1. The molecular formula is C11H6ClN3O3S. The Morgan fingerprint density at radius 1 is 1.37 bits per heavy atom. The van der Waals surface area contributed by atoms with Gasteiger partial charge in [0.2, 0.25) is 0 Å². The number of thiazole rings is 1. The molecule has 2 aromatic heterocycles. The molecule has 0 amide bonds. The highest BCUT2D eigenvalue weighted by Crippen LogP contribution is 2.33. The number of hydrogen-bond donors (Lipinski definition) is 0. The van der Waals surface area contributed by atoms with Crippen LogP contribution in [0.3, 0.4) is 0 Å². The van der Waals surface area contributed by atoms with Gasteiger partial charge in [-0.25, -0.2) is 0 Å². The van der Waals surface area contributed by atoms with Crippen molar-refractivity contribution in [2.24, 2.45) is 0 Å². The van der Waals surface area contributed by atoms with Gasteiger partial charge in [0.25, 0.3) is 4.96 Å². The van der Waals surface area contributed by atoms with Crippen LogP contribution in [0.15, 0.2) is 35.8 Å². The largest absolute Gasteiger partial charge is 0.433 e. The van der Waals surface area contributed by atoms with Crippen LogP contribution in [-0.4, -0.2) is 14.3 Å². The van der Waals surface area contributed by atoms with Gasteiger partial charge in [-0.3, -0.25) is 0 Å². The van der Waals surface area contributed by atoms with E-state index in [1.165, 1.54) is 15.7 Å². The van der Waals surface area contributed by atoms with Crippen LogP contribution in [0.4, 0.5) is 5.82 Å².